The van der Waals surface area contributed by atoms with E-state index < -0.39 is 11.5 Å². The number of amides is 1. The van der Waals surface area contributed by atoms with Crippen LogP contribution in [-0.2, 0) is 12.1 Å². The Kier molecular flexibility index (Phi) is 4.87. The summed E-state index contributed by atoms with van der Waals surface area (Å²) in [6.07, 6.45) is 1.38. The highest BCUT2D eigenvalue weighted by molar-refractivity contribution is 5.92. The monoisotopic (exact) mass is 375 g/mol. The lowest BCUT2D eigenvalue weighted by atomic mass is 9.84. The van der Waals surface area contributed by atoms with Crippen molar-refractivity contribution < 1.29 is 9.90 Å². The van der Waals surface area contributed by atoms with Crippen LogP contribution in [0.4, 0.5) is 0 Å². The van der Waals surface area contributed by atoms with Gasteiger partial charge in [0, 0.05) is 36.3 Å². The van der Waals surface area contributed by atoms with E-state index in [-0.39, 0.29) is 0 Å². The Labute approximate surface area is 164 Å². The fraction of sp³-hybridized carbons (Fsp3) is 0.304. The Morgan fingerprint density at radius 1 is 1.11 bits per heavy atom. The maximum Gasteiger partial charge on any atom is 0.248 e. The van der Waals surface area contributed by atoms with Gasteiger partial charge in [-0.05, 0) is 61.2 Å². The van der Waals surface area contributed by atoms with E-state index >= 15 is 0 Å². The third-order valence-electron chi connectivity index (χ3n) is 5.69. The fourth-order valence-corrected chi connectivity index (χ4v) is 3.92. The van der Waals surface area contributed by atoms with E-state index in [0.29, 0.717) is 18.4 Å². The third-order valence-corrected chi connectivity index (χ3v) is 5.69. The van der Waals surface area contributed by atoms with Gasteiger partial charge in [-0.15, -0.1) is 0 Å². The number of carbonyl (C=O) groups excluding carboxylic acids is 1. The molecular weight excluding hydrogens is 350 g/mol. The first-order valence-corrected chi connectivity index (χ1v) is 9.64. The van der Waals surface area contributed by atoms with Gasteiger partial charge in [-0.25, -0.2) is 0 Å². The zero-order chi connectivity index (χ0) is 19.7. The summed E-state index contributed by atoms with van der Waals surface area (Å²) in [5.41, 5.74) is 9.09. The Morgan fingerprint density at radius 3 is 2.50 bits per heavy atom. The number of rotatable bonds is 4. The van der Waals surface area contributed by atoms with Crippen LogP contribution in [0.15, 0.2) is 54.6 Å². The van der Waals surface area contributed by atoms with Crippen molar-refractivity contribution in [1.82, 2.24) is 9.88 Å². The molecule has 28 heavy (non-hydrogen) atoms. The number of carbonyl (C=O) groups is 1. The Balaban J connectivity index is 1.43. The number of hydrogen-bond donors (Lipinski definition) is 2. The minimum absolute atomic E-state index is 0.407. The van der Waals surface area contributed by atoms with E-state index in [0.717, 1.165) is 47.4 Å². The minimum Gasteiger partial charge on any atom is -0.385 e. The summed E-state index contributed by atoms with van der Waals surface area (Å²) in [6, 6.07) is 17.6. The van der Waals surface area contributed by atoms with E-state index in [1.54, 1.807) is 12.1 Å². The van der Waals surface area contributed by atoms with Gasteiger partial charge in [-0.3, -0.25) is 14.7 Å². The summed E-state index contributed by atoms with van der Waals surface area (Å²) >= 11 is 0. The first-order valence-electron chi connectivity index (χ1n) is 9.64. The quantitative estimate of drug-likeness (QED) is 0.734. The standard InChI is InChI=1S/C23H25N3O2/c1-16-2-5-19-14-20(8-9-21(19)25-16)23(28)10-12-26(13-11-23)15-17-3-6-18(7-4-17)22(24)27/h2-9,14,28H,10-13,15H2,1H3,(H2,24,27). The highest BCUT2D eigenvalue weighted by Crippen LogP contribution is 2.34. The van der Waals surface area contributed by atoms with Crippen molar-refractivity contribution in [3.63, 3.8) is 0 Å². The molecule has 4 rings (SSSR count). The van der Waals surface area contributed by atoms with Crippen LogP contribution in [0, 0.1) is 6.92 Å². The summed E-state index contributed by atoms with van der Waals surface area (Å²) < 4.78 is 0. The number of nitrogens with zero attached hydrogens (tertiary/aromatic N) is 2. The van der Waals surface area contributed by atoms with Crippen molar-refractivity contribution in [3.8, 4) is 0 Å². The van der Waals surface area contributed by atoms with Crippen LogP contribution in [0.1, 0.15) is 40.0 Å². The molecule has 0 unspecified atom stereocenters. The van der Waals surface area contributed by atoms with Gasteiger partial charge in [0.25, 0.3) is 0 Å². The summed E-state index contributed by atoms with van der Waals surface area (Å²) in [6.45, 7) is 4.42. The minimum atomic E-state index is -0.800. The van der Waals surface area contributed by atoms with Crippen LogP contribution in [0.5, 0.6) is 0 Å². The molecule has 0 spiro atoms. The SMILES string of the molecule is Cc1ccc2cc(C3(O)CCN(Cc4ccc(C(N)=O)cc4)CC3)ccc2n1. The zero-order valence-corrected chi connectivity index (χ0v) is 16.1. The van der Waals surface area contributed by atoms with Crippen molar-refractivity contribution in [2.24, 2.45) is 5.73 Å². The van der Waals surface area contributed by atoms with Crippen LogP contribution in [0.2, 0.25) is 0 Å². The Hall–Kier alpha value is -2.76. The van der Waals surface area contributed by atoms with Gasteiger partial charge in [0.15, 0.2) is 0 Å². The smallest absolute Gasteiger partial charge is 0.248 e. The van der Waals surface area contributed by atoms with Crippen molar-refractivity contribution in [2.45, 2.75) is 31.9 Å². The molecule has 0 saturated carbocycles. The molecule has 0 atom stereocenters. The number of aryl methyl sites for hydroxylation is 1. The van der Waals surface area contributed by atoms with E-state index in [1.807, 2.05) is 37.3 Å². The highest BCUT2D eigenvalue weighted by atomic mass is 16.3. The van der Waals surface area contributed by atoms with Gasteiger partial charge >= 0.3 is 0 Å². The lowest BCUT2D eigenvalue weighted by Gasteiger charge is -2.38. The van der Waals surface area contributed by atoms with Crippen molar-refractivity contribution >= 4 is 16.8 Å². The maximum atomic E-state index is 11.2. The van der Waals surface area contributed by atoms with E-state index in [9.17, 15) is 9.90 Å². The first-order chi connectivity index (χ1) is 13.4. The maximum absolute atomic E-state index is 11.2. The van der Waals surface area contributed by atoms with Gasteiger partial charge in [0.1, 0.15) is 0 Å². The van der Waals surface area contributed by atoms with E-state index in [1.165, 1.54) is 0 Å². The summed E-state index contributed by atoms with van der Waals surface area (Å²) in [5, 5.41) is 12.3. The second-order valence-electron chi connectivity index (χ2n) is 7.73. The molecule has 0 bridgehead atoms. The molecule has 1 fully saturated rings. The Bertz CT molecular complexity index is 1010. The first kappa shape index (κ1) is 18.6. The average Bonchev–Trinajstić information content (AvgIpc) is 2.70. The second-order valence-corrected chi connectivity index (χ2v) is 7.73. The highest BCUT2D eigenvalue weighted by Gasteiger charge is 2.34. The molecule has 5 nitrogen and oxygen atoms in total. The van der Waals surface area contributed by atoms with Gasteiger partial charge in [0.05, 0.1) is 11.1 Å². The van der Waals surface area contributed by atoms with Crippen LogP contribution in [0.3, 0.4) is 0 Å². The molecule has 2 heterocycles. The molecular formula is C23H25N3O2. The topological polar surface area (TPSA) is 79.5 Å². The molecule has 1 aliphatic heterocycles. The second kappa shape index (κ2) is 7.34. The largest absolute Gasteiger partial charge is 0.385 e. The van der Waals surface area contributed by atoms with Crippen LogP contribution in [-0.4, -0.2) is 34.0 Å². The number of fused-ring (bicyclic) bond motifs is 1. The molecule has 1 aromatic heterocycles. The van der Waals surface area contributed by atoms with Crippen LogP contribution < -0.4 is 5.73 Å². The van der Waals surface area contributed by atoms with Gasteiger partial charge in [0.2, 0.25) is 5.91 Å². The number of pyridine rings is 1. The molecule has 144 valence electrons. The lowest BCUT2D eigenvalue weighted by Crippen LogP contribution is -2.42. The van der Waals surface area contributed by atoms with Gasteiger partial charge < -0.3 is 10.8 Å². The van der Waals surface area contributed by atoms with E-state index in [4.69, 9.17) is 5.73 Å². The van der Waals surface area contributed by atoms with E-state index in [2.05, 4.69) is 22.0 Å². The third kappa shape index (κ3) is 3.77. The number of piperidine rings is 1. The van der Waals surface area contributed by atoms with Gasteiger partial charge in [-0.1, -0.05) is 24.3 Å². The predicted molar refractivity (Wildman–Crippen MR) is 110 cm³/mol. The number of hydrogen-bond acceptors (Lipinski definition) is 4. The summed E-state index contributed by atoms with van der Waals surface area (Å²) in [7, 11) is 0. The molecule has 3 aromatic rings. The number of benzene rings is 2. The predicted octanol–water partition coefficient (Wildman–Crippen LogP) is 3.13. The van der Waals surface area contributed by atoms with Crippen LogP contribution in [0.25, 0.3) is 10.9 Å². The molecule has 5 heteroatoms. The number of likely N-dealkylation sites (tertiary alicyclic amines) is 1. The molecule has 1 saturated heterocycles. The number of nitrogens with two attached hydrogens (primary N) is 1. The number of primary amides is 1. The molecule has 0 aliphatic carbocycles. The van der Waals surface area contributed by atoms with Crippen LogP contribution >= 0.6 is 0 Å². The average molecular weight is 375 g/mol. The summed E-state index contributed by atoms with van der Waals surface area (Å²) in [4.78, 5) is 18.1. The molecule has 0 radical (unpaired) electrons. The molecule has 1 aliphatic rings. The Morgan fingerprint density at radius 2 is 1.82 bits per heavy atom. The number of aromatic nitrogens is 1. The molecule has 3 N–H and O–H groups in total. The number of aliphatic hydroxyl groups is 1. The fourth-order valence-electron chi connectivity index (χ4n) is 3.92. The molecule has 1 amide bonds. The zero-order valence-electron chi connectivity index (χ0n) is 16.1. The van der Waals surface area contributed by atoms with Gasteiger partial charge in [-0.2, -0.15) is 0 Å². The van der Waals surface area contributed by atoms with Crippen molar-refractivity contribution in [2.75, 3.05) is 13.1 Å². The normalized spacial score (nSPS) is 16.9. The lowest BCUT2D eigenvalue weighted by molar-refractivity contribution is -0.0276. The molecule has 2 aromatic carbocycles. The van der Waals surface area contributed by atoms with Crippen molar-refractivity contribution in [1.29, 1.82) is 0 Å². The summed E-state index contributed by atoms with van der Waals surface area (Å²) in [5.74, 6) is -0.407. The van der Waals surface area contributed by atoms with Crippen molar-refractivity contribution in [3.05, 3.63) is 77.0 Å².